The van der Waals surface area contributed by atoms with Crippen LogP contribution in [-0.4, -0.2) is 11.7 Å². The van der Waals surface area contributed by atoms with Gasteiger partial charge in [-0.25, -0.2) is 0 Å². The quantitative estimate of drug-likeness (QED) is 0.592. The van der Waals surface area contributed by atoms with Crippen molar-refractivity contribution in [2.75, 3.05) is 0 Å². The fraction of sp³-hybridized carbons (Fsp3) is 0.333. The third kappa shape index (κ3) is 1.11. The molecule has 0 saturated carbocycles. The Balaban J connectivity index is 2.47. The molecule has 0 aromatic carbocycles. The van der Waals surface area contributed by atoms with E-state index in [9.17, 15) is 9.59 Å². The molecule has 2 rings (SSSR count). The number of ketones is 1. The highest BCUT2D eigenvalue weighted by Crippen LogP contribution is 2.33. The van der Waals surface area contributed by atoms with Gasteiger partial charge in [-0.2, -0.15) is 0 Å². The van der Waals surface area contributed by atoms with Gasteiger partial charge in [-0.05, 0) is 18.9 Å². The summed E-state index contributed by atoms with van der Waals surface area (Å²) in [5.41, 5.74) is 1.49. The summed E-state index contributed by atoms with van der Waals surface area (Å²) < 4.78 is 0. The molecular weight excluding hydrogens is 190 g/mol. The summed E-state index contributed by atoms with van der Waals surface area (Å²) in [4.78, 5) is 22.3. The van der Waals surface area contributed by atoms with Gasteiger partial charge in [0.2, 0.25) is 5.78 Å². The Hall–Kier alpha value is -1.09. The van der Waals surface area contributed by atoms with Crippen LogP contribution in [0.4, 0.5) is 0 Å². The molecular formula is C9H8ClNO2. The van der Waals surface area contributed by atoms with Gasteiger partial charge in [-0.1, -0.05) is 17.7 Å². The van der Waals surface area contributed by atoms with Crippen LogP contribution in [0.3, 0.4) is 0 Å². The average molecular weight is 198 g/mol. The minimum absolute atomic E-state index is 0.310. The molecule has 0 spiro atoms. The normalized spacial score (nSPS) is 27.2. The predicted molar refractivity (Wildman–Crippen MR) is 47.9 cm³/mol. The zero-order chi connectivity index (χ0) is 9.59. The van der Waals surface area contributed by atoms with Crippen LogP contribution in [0, 0.1) is 5.92 Å². The number of fused-ring (bicyclic) bond motifs is 1. The van der Waals surface area contributed by atoms with Crippen molar-refractivity contribution in [3.63, 3.8) is 0 Å². The Bertz CT molecular complexity index is 368. The number of carbonyl (C=O) groups is 2. The van der Waals surface area contributed by atoms with Crippen molar-refractivity contribution < 1.29 is 9.59 Å². The molecule has 0 aromatic rings. The van der Waals surface area contributed by atoms with E-state index < -0.39 is 5.91 Å². The maximum Gasteiger partial charge on any atom is 0.292 e. The Morgan fingerprint density at radius 2 is 2.23 bits per heavy atom. The monoisotopic (exact) mass is 197 g/mol. The lowest BCUT2D eigenvalue weighted by molar-refractivity contribution is -0.136. The fourth-order valence-corrected chi connectivity index (χ4v) is 1.83. The van der Waals surface area contributed by atoms with Gasteiger partial charge in [0.1, 0.15) is 0 Å². The van der Waals surface area contributed by atoms with Crippen LogP contribution < -0.4 is 5.32 Å². The molecule has 1 aliphatic heterocycles. The minimum atomic E-state index is -0.515. The fourth-order valence-electron chi connectivity index (χ4n) is 1.64. The van der Waals surface area contributed by atoms with E-state index in [2.05, 4.69) is 5.32 Å². The summed E-state index contributed by atoms with van der Waals surface area (Å²) in [5, 5.41) is 3.18. The third-order valence-corrected chi connectivity index (χ3v) is 2.87. The predicted octanol–water partition coefficient (Wildman–Crippen LogP) is 1.10. The number of Topliss-reactive ketones (excluding diaryl/α,β-unsaturated/α-hetero) is 1. The van der Waals surface area contributed by atoms with E-state index in [1.54, 1.807) is 13.0 Å². The van der Waals surface area contributed by atoms with E-state index in [4.69, 9.17) is 11.6 Å². The molecule has 1 aliphatic carbocycles. The van der Waals surface area contributed by atoms with Gasteiger partial charge in [0.15, 0.2) is 0 Å². The van der Waals surface area contributed by atoms with Crippen molar-refractivity contribution in [2.45, 2.75) is 13.3 Å². The van der Waals surface area contributed by atoms with Crippen molar-refractivity contribution in [3.8, 4) is 0 Å². The van der Waals surface area contributed by atoms with Gasteiger partial charge in [-0.15, -0.1) is 0 Å². The second-order valence-electron chi connectivity index (χ2n) is 3.20. The van der Waals surface area contributed by atoms with E-state index in [1.807, 2.05) is 0 Å². The molecule has 68 valence electrons. The molecule has 0 radical (unpaired) electrons. The molecule has 1 heterocycles. The first kappa shape index (κ1) is 8.51. The van der Waals surface area contributed by atoms with Crippen molar-refractivity contribution in [1.29, 1.82) is 0 Å². The van der Waals surface area contributed by atoms with Crippen LogP contribution in [-0.2, 0) is 9.59 Å². The first-order chi connectivity index (χ1) is 6.11. The van der Waals surface area contributed by atoms with Crippen molar-refractivity contribution in [1.82, 2.24) is 5.32 Å². The molecule has 1 atom stereocenters. The SMILES string of the molecule is CC1=C2NC(=O)C(=O)C2CC=C1Cl. The van der Waals surface area contributed by atoms with Crippen molar-refractivity contribution in [2.24, 2.45) is 5.92 Å². The number of hydrogen-bond donors (Lipinski definition) is 1. The Morgan fingerprint density at radius 1 is 1.54 bits per heavy atom. The number of hydrogen-bond acceptors (Lipinski definition) is 2. The molecule has 4 heteroatoms. The number of carbonyl (C=O) groups excluding carboxylic acids is 2. The maximum absolute atomic E-state index is 11.3. The third-order valence-electron chi connectivity index (χ3n) is 2.43. The van der Waals surface area contributed by atoms with Gasteiger partial charge < -0.3 is 5.32 Å². The number of amides is 1. The molecule has 1 amide bonds. The lowest BCUT2D eigenvalue weighted by Gasteiger charge is -2.15. The lowest BCUT2D eigenvalue weighted by atomic mass is 9.92. The molecule has 1 N–H and O–H groups in total. The van der Waals surface area contributed by atoms with Crippen molar-refractivity contribution >= 4 is 23.3 Å². The van der Waals surface area contributed by atoms with Gasteiger partial charge in [0.05, 0.1) is 5.92 Å². The van der Waals surface area contributed by atoms with Crippen LogP contribution in [0.5, 0.6) is 0 Å². The number of rotatable bonds is 0. The van der Waals surface area contributed by atoms with Gasteiger partial charge in [0, 0.05) is 10.7 Å². The second-order valence-corrected chi connectivity index (χ2v) is 3.60. The molecule has 0 bridgehead atoms. The summed E-state index contributed by atoms with van der Waals surface area (Å²) >= 11 is 5.87. The Kier molecular flexibility index (Phi) is 1.77. The van der Waals surface area contributed by atoms with Crippen LogP contribution in [0.2, 0.25) is 0 Å². The second kappa shape index (κ2) is 2.70. The lowest BCUT2D eigenvalue weighted by Crippen LogP contribution is -2.18. The topological polar surface area (TPSA) is 46.2 Å². The smallest absolute Gasteiger partial charge is 0.292 e. The summed E-state index contributed by atoms with van der Waals surface area (Å²) in [6, 6.07) is 0. The summed E-state index contributed by atoms with van der Waals surface area (Å²) in [5.74, 6) is -1.18. The first-order valence-corrected chi connectivity index (χ1v) is 4.41. The number of allylic oxidation sites excluding steroid dienone is 4. The van der Waals surface area contributed by atoms with Crippen LogP contribution >= 0.6 is 11.6 Å². The molecule has 0 aromatic heterocycles. The highest BCUT2D eigenvalue weighted by Gasteiger charge is 2.39. The first-order valence-electron chi connectivity index (χ1n) is 4.03. The van der Waals surface area contributed by atoms with Crippen LogP contribution in [0.15, 0.2) is 22.4 Å². The molecule has 1 fully saturated rings. The Labute approximate surface area is 80.4 Å². The number of halogens is 1. The molecule has 1 unspecified atom stereocenters. The maximum atomic E-state index is 11.3. The highest BCUT2D eigenvalue weighted by molar-refractivity contribution is 6.41. The summed E-state index contributed by atoms with van der Waals surface area (Å²) in [7, 11) is 0. The zero-order valence-electron chi connectivity index (χ0n) is 7.06. The summed E-state index contributed by atoms with van der Waals surface area (Å²) in [6.45, 7) is 1.80. The van der Waals surface area contributed by atoms with E-state index >= 15 is 0 Å². The van der Waals surface area contributed by atoms with E-state index in [0.717, 1.165) is 5.57 Å². The summed E-state index contributed by atoms with van der Waals surface area (Å²) in [6.07, 6.45) is 2.31. The molecule has 1 saturated heterocycles. The highest BCUT2D eigenvalue weighted by atomic mass is 35.5. The van der Waals surface area contributed by atoms with Gasteiger partial charge in [0.25, 0.3) is 5.91 Å². The van der Waals surface area contributed by atoms with Crippen molar-refractivity contribution in [3.05, 3.63) is 22.4 Å². The average Bonchev–Trinajstić information content (AvgIpc) is 2.38. The van der Waals surface area contributed by atoms with Crippen LogP contribution in [0.1, 0.15) is 13.3 Å². The standard InChI is InChI=1S/C9H8ClNO2/c1-4-6(10)3-2-5-7(4)11-9(13)8(5)12/h3,5H,2H2,1H3,(H,11,13). The number of nitrogens with one attached hydrogen (secondary N) is 1. The largest absolute Gasteiger partial charge is 0.322 e. The molecule has 2 aliphatic rings. The minimum Gasteiger partial charge on any atom is -0.322 e. The van der Waals surface area contributed by atoms with E-state index in [-0.39, 0.29) is 11.7 Å². The van der Waals surface area contributed by atoms with Crippen LogP contribution in [0.25, 0.3) is 0 Å². The van der Waals surface area contributed by atoms with Gasteiger partial charge in [-0.3, -0.25) is 9.59 Å². The Morgan fingerprint density at radius 3 is 2.92 bits per heavy atom. The van der Waals surface area contributed by atoms with E-state index in [0.29, 0.717) is 17.2 Å². The van der Waals surface area contributed by atoms with E-state index in [1.165, 1.54) is 0 Å². The molecule has 13 heavy (non-hydrogen) atoms. The zero-order valence-corrected chi connectivity index (χ0v) is 7.81. The van der Waals surface area contributed by atoms with Gasteiger partial charge >= 0.3 is 0 Å². The molecule has 3 nitrogen and oxygen atoms in total.